The highest BCUT2D eigenvalue weighted by Crippen LogP contribution is 2.62. The number of rotatable bonds is 1. The molecule has 0 aliphatic heterocycles. The Morgan fingerprint density at radius 1 is 1.40 bits per heavy atom. The van der Waals surface area contributed by atoms with Gasteiger partial charge in [0, 0.05) is 23.4 Å². The van der Waals surface area contributed by atoms with E-state index >= 15 is 0 Å². The Balaban J connectivity index is 2.21. The van der Waals surface area contributed by atoms with E-state index in [1.165, 1.54) is 0 Å². The summed E-state index contributed by atoms with van der Waals surface area (Å²) >= 11 is 0. The molecule has 4 heteroatoms. The zero-order valence-corrected chi connectivity index (χ0v) is 8.42. The second kappa shape index (κ2) is 2.44. The number of aliphatic carboxylic acids is 1. The molecule has 3 rings (SSSR count). The van der Waals surface area contributed by atoms with Gasteiger partial charge in [0.2, 0.25) is 0 Å². The summed E-state index contributed by atoms with van der Waals surface area (Å²) in [5.41, 5.74) is 6.70. The Labute approximate surface area is 87.5 Å². The summed E-state index contributed by atoms with van der Waals surface area (Å²) < 4.78 is 0. The van der Waals surface area contributed by atoms with Gasteiger partial charge in [0.15, 0.2) is 0 Å². The van der Waals surface area contributed by atoms with Crippen LogP contribution < -0.4 is 5.73 Å². The van der Waals surface area contributed by atoms with Gasteiger partial charge in [0.1, 0.15) is 5.54 Å². The van der Waals surface area contributed by atoms with Gasteiger partial charge >= 0.3 is 5.97 Å². The van der Waals surface area contributed by atoms with Crippen LogP contribution in [0.2, 0.25) is 0 Å². The molecule has 2 aliphatic rings. The Hall–Kier alpha value is -1.29. The number of carbonyl (C=O) groups is 1. The first-order chi connectivity index (χ1) is 7.10. The SMILES string of the molecule is NC1(C(=O)O)c2c[nH]cc2CCC12CC2. The van der Waals surface area contributed by atoms with Crippen molar-refractivity contribution in [1.82, 2.24) is 4.98 Å². The molecule has 2 aliphatic carbocycles. The topological polar surface area (TPSA) is 79.1 Å². The van der Waals surface area contributed by atoms with Crippen molar-refractivity contribution in [3.05, 3.63) is 23.5 Å². The number of carboxylic acids is 1. The van der Waals surface area contributed by atoms with E-state index in [0.29, 0.717) is 0 Å². The van der Waals surface area contributed by atoms with E-state index in [0.717, 1.165) is 36.8 Å². The smallest absolute Gasteiger partial charge is 0.328 e. The van der Waals surface area contributed by atoms with Gasteiger partial charge in [-0.15, -0.1) is 0 Å². The van der Waals surface area contributed by atoms with Crippen molar-refractivity contribution in [1.29, 1.82) is 0 Å². The molecule has 0 aromatic carbocycles. The van der Waals surface area contributed by atoms with Gasteiger partial charge < -0.3 is 15.8 Å². The minimum absolute atomic E-state index is 0.173. The zero-order valence-electron chi connectivity index (χ0n) is 8.42. The number of fused-ring (bicyclic) bond motifs is 1. The molecular weight excluding hydrogens is 192 g/mol. The molecule has 15 heavy (non-hydrogen) atoms. The number of nitrogens with two attached hydrogens (primary N) is 1. The van der Waals surface area contributed by atoms with Crippen LogP contribution in [0, 0.1) is 5.41 Å². The zero-order chi connectivity index (χ0) is 10.7. The predicted molar refractivity (Wildman–Crippen MR) is 54.3 cm³/mol. The molecule has 0 radical (unpaired) electrons. The first kappa shape index (κ1) is 8.97. The number of aromatic amines is 1. The minimum Gasteiger partial charge on any atom is -0.480 e. The number of aryl methyl sites for hydroxylation is 1. The van der Waals surface area contributed by atoms with Gasteiger partial charge in [-0.3, -0.25) is 0 Å². The fourth-order valence-corrected chi connectivity index (χ4v) is 2.96. The number of aromatic nitrogens is 1. The highest BCUT2D eigenvalue weighted by atomic mass is 16.4. The van der Waals surface area contributed by atoms with Gasteiger partial charge in [-0.2, -0.15) is 0 Å². The largest absolute Gasteiger partial charge is 0.480 e. The van der Waals surface area contributed by atoms with Crippen LogP contribution in [0.15, 0.2) is 12.4 Å². The van der Waals surface area contributed by atoms with Gasteiger partial charge in [-0.1, -0.05) is 0 Å². The highest BCUT2D eigenvalue weighted by molar-refractivity contribution is 5.83. The lowest BCUT2D eigenvalue weighted by Crippen LogP contribution is -2.54. The van der Waals surface area contributed by atoms with Crippen molar-refractivity contribution in [2.45, 2.75) is 31.2 Å². The molecule has 4 N–H and O–H groups in total. The van der Waals surface area contributed by atoms with Gasteiger partial charge in [0.05, 0.1) is 0 Å². The van der Waals surface area contributed by atoms with Crippen LogP contribution in [0.1, 0.15) is 30.4 Å². The second-order valence-electron chi connectivity index (χ2n) is 4.79. The number of H-pyrrole nitrogens is 1. The van der Waals surface area contributed by atoms with Crippen LogP contribution in [0.4, 0.5) is 0 Å². The summed E-state index contributed by atoms with van der Waals surface area (Å²) in [6, 6.07) is 0. The van der Waals surface area contributed by atoms with E-state index in [1.54, 1.807) is 6.20 Å². The molecular formula is C11H14N2O2. The Morgan fingerprint density at radius 3 is 2.73 bits per heavy atom. The molecule has 0 saturated heterocycles. The van der Waals surface area contributed by atoms with E-state index in [1.807, 2.05) is 6.20 Å². The minimum atomic E-state index is -1.17. The summed E-state index contributed by atoms with van der Waals surface area (Å²) in [7, 11) is 0. The maximum atomic E-state index is 11.5. The van der Waals surface area contributed by atoms with E-state index in [2.05, 4.69) is 4.98 Å². The fourth-order valence-electron chi connectivity index (χ4n) is 2.96. The van der Waals surface area contributed by atoms with E-state index in [9.17, 15) is 9.90 Å². The molecule has 1 unspecified atom stereocenters. The van der Waals surface area contributed by atoms with Crippen molar-refractivity contribution in [2.75, 3.05) is 0 Å². The van der Waals surface area contributed by atoms with E-state index in [4.69, 9.17) is 5.73 Å². The maximum absolute atomic E-state index is 11.5. The van der Waals surface area contributed by atoms with E-state index < -0.39 is 11.5 Å². The van der Waals surface area contributed by atoms with Crippen LogP contribution in [0.3, 0.4) is 0 Å². The molecule has 1 aromatic heterocycles. The molecule has 1 heterocycles. The van der Waals surface area contributed by atoms with Gasteiger partial charge in [-0.05, 0) is 31.2 Å². The van der Waals surface area contributed by atoms with Crippen LogP contribution in [0.25, 0.3) is 0 Å². The third kappa shape index (κ3) is 0.880. The van der Waals surface area contributed by atoms with E-state index in [-0.39, 0.29) is 5.41 Å². The van der Waals surface area contributed by atoms with Crippen molar-refractivity contribution < 1.29 is 9.90 Å². The quantitative estimate of drug-likeness (QED) is 0.640. The van der Waals surface area contributed by atoms with Crippen molar-refractivity contribution in [3.8, 4) is 0 Å². The standard InChI is InChI=1S/C11H14N2O2/c12-11(9(14)15)8-6-13-5-7(8)1-2-10(11)3-4-10/h5-6,13H,1-4,12H2,(H,14,15). The molecule has 1 saturated carbocycles. The van der Waals surface area contributed by atoms with Crippen molar-refractivity contribution >= 4 is 5.97 Å². The molecule has 1 aromatic rings. The summed E-state index contributed by atoms with van der Waals surface area (Å²) in [5, 5.41) is 9.40. The summed E-state index contributed by atoms with van der Waals surface area (Å²) in [6.45, 7) is 0. The van der Waals surface area contributed by atoms with Gasteiger partial charge in [0.25, 0.3) is 0 Å². The Kier molecular flexibility index (Phi) is 1.46. The van der Waals surface area contributed by atoms with Crippen LogP contribution in [-0.2, 0) is 16.8 Å². The van der Waals surface area contributed by atoms with Crippen LogP contribution >= 0.6 is 0 Å². The maximum Gasteiger partial charge on any atom is 0.328 e. The number of nitrogens with one attached hydrogen (secondary N) is 1. The van der Waals surface area contributed by atoms with Gasteiger partial charge in [-0.25, -0.2) is 4.79 Å². The predicted octanol–water partition coefficient (Wildman–Crippen LogP) is 0.980. The highest BCUT2D eigenvalue weighted by Gasteiger charge is 2.64. The first-order valence-electron chi connectivity index (χ1n) is 5.29. The molecule has 1 fully saturated rings. The third-order valence-electron chi connectivity index (χ3n) is 4.16. The Morgan fingerprint density at radius 2 is 2.13 bits per heavy atom. The van der Waals surface area contributed by atoms with Crippen molar-refractivity contribution in [3.63, 3.8) is 0 Å². The van der Waals surface area contributed by atoms with Crippen LogP contribution in [-0.4, -0.2) is 16.1 Å². The normalized spacial score (nSPS) is 31.3. The lowest BCUT2D eigenvalue weighted by atomic mass is 9.68. The molecule has 1 spiro atoms. The summed E-state index contributed by atoms with van der Waals surface area (Å²) in [6.07, 6.45) is 7.37. The third-order valence-corrected chi connectivity index (χ3v) is 4.16. The Bertz CT molecular complexity index is 434. The van der Waals surface area contributed by atoms with Crippen molar-refractivity contribution in [2.24, 2.45) is 11.1 Å². The average Bonchev–Trinajstić information content (AvgIpc) is 2.82. The van der Waals surface area contributed by atoms with Crippen LogP contribution in [0.5, 0.6) is 0 Å². The molecule has 80 valence electrons. The average molecular weight is 206 g/mol. The first-order valence-corrected chi connectivity index (χ1v) is 5.29. The number of hydrogen-bond acceptors (Lipinski definition) is 2. The number of carboxylic acid groups (broad SMARTS) is 1. The fraction of sp³-hybridized carbons (Fsp3) is 0.545. The summed E-state index contributed by atoms with van der Waals surface area (Å²) in [4.78, 5) is 14.4. The molecule has 0 bridgehead atoms. The second-order valence-corrected chi connectivity index (χ2v) is 4.79. The number of hydrogen-bond donors (Lipinski definition) is 3. The monoisotopic (exact) mass is 206 g/mol. The lowest BCUT2D eigenvalue weighted by Gasteiger charge is -2.38. The molecule has 4 nitrogen and oxygen atoms in total. The lowest BCUT2D eigenvalue weighted by molar-refractivity contribution is -0.147. The molecule has 0 amide bonds. The molecule has 1 atom stereocenters. The summed E-state index contributed by atoms with van der Waals surface area (Å²) in [5.74, 6) is -0.888.